The predicted molar refractivity (Wildman–Crippen MR) is 172 cm³/mol. The van der Waals surface area contributed by atoms with Gasteiger partial charge in [0.15, 0.2) is 0 Å². The molecule has 9 nitrogen and oxygen atoms in total. The normalized spacial score (nSPS) is 19.4. The predicted octanol–water partition coefficient (Wildman–Crippen LogP) is 5.45. The number of aromatic nitrogens is 5. The molecule has 216 valence electrons. The van der Waals surface area contributed by atoms with Crippen molar-refractivity contribution in [1.29, 1.82) is 0 Å². The Kier molecular flexibility index (Phi) is 7.16. The fourth-order valence-corrected chi connectivity index (χ4v) is 6.26. The minimum absolute atomic E-state index is 0.358. The van der Waals surface area contributed by atoms with Gasteiger partial charge in [0.1, 0.15) is 22.9 Å². The van der Waals surface area contributed by atoms with E-state index < -0.39 is 0 Å². The van der Waals surface area contributed by atoms with Crippen molar-refractivity contribution in [3.8, 4) is 11.3 Å². The molecule has 1 saturated carbocycles. The summed E-state index contributed by atoms with van der Waals surface area (Å²) in [7, 11) is 0. The number of anilines is 2. The molecule has 0 atom stereocenters. The number of piperazine rings is 1. The number of imidazole rings is 1. The van der Waals surface area contributed by atoms with Gasteiger partial charge in [-0.2, -0.15) is 0 Å². The highest BCUT2D eigenvalue weighted by molar-refractivity contribution is 6.09. The summed E-state index contributed by atoms with van der Waals surface area (Å²) in [5.74, 6) is 2.71. The monoisotopic (exact) mass is 569 g/mol. The fraction of sp³-hybridized carbons (Fsp3) is 0.265. The van der Waals surface area contributed by atoms with Gasteiger partial charge < -0.3 is 10.6 Å². The van der Waals surface area contributed by atoms with E-state index in [4.69, 9.17) is 15.7 Å². The molecule has 0 bridgehead atoms. The number of nitrogen functional groups attached to an aromatic ring is 1. The molecule has 3 aromatic heterocycles. The van der Waals surface area contributed by atoms with E-state index in [9.17, 15) is 0 Å². The molecule has 7 rings (SSSR count). The lowest BCUT2D eigenvalue weighted by Crippen LogP contribution is -2.54. The zero-order valence-corrected chi connectivity index (χ0v) is 24.3. The van der Waals surface area contributed by atoms with Gasteiger partial charge in [-0.15, -0.1) is 0 Å². The summed E-state index contributed by atoms with van der Waals surface area (Å²) in [5, 5.41) is 0. The van der Waals surface area contributed by atoms with Crippen molar-refractivity contribution in [2.75, 3.05) is 36.8 Å². The number of aryl methyl sites for hydroxylation is 1. The van der Waals surface area contributed by atoms with Crippen molar-refractivity contribution in [3.05, 3.63) is 109 Å². The highest BCUT2D eigenvalue weighted by Gasteiger charge is 2.38. The zero-order valence-electron chi connectivity index (χ0n) is 24.3. The molecule has 9 heteroatoms. The maximum Gasteiger partial charge on any atom is 0.225 e. The number of nitrogens with two attached hydrogens (primary N) is 1. The Morgan fingerprint density at radius 1 is 0.953 bits per heavy atom. The van der Waals surface area contributed by atoms with Crippen LogP contribution in [0.15, 0.2) is 97.0 Å². The van der Waals surface area contributed by atoms with Crippen molar-refractivity contribution < 1.29 is 0 Å². The quantitative estimate of drug-likeness (QED) is 0.260. The van der Waals surface area contributed by atoms with Crippen LogP contribution in [0.25, 0.3) is 16.8 Å². The first-order valence-electron chi connectivity index (χ1n) is 14.8. The molecule has 4 heterocycles. The van der Waals surface area contributed by atoms with E-state index in [0.717, 1.165) is 90.1 Å². The van der Waals surface area contributed by atoms with Crippen LogP contribution in [-0.4, -0.2) is 67.2 Å². The molecular formula is C34H35N9. The Balaban J connectivity index is 1.14. The van der Waals surface area contributed by atoms with Gasteiger partial charge in [-0.3, -0.25) is 9.30 Å². The molecule has 1 aliphatic carbocycles. The van der Waals surface area contributed by atoms with Crippen molar-refractivity contribution in [3.63, 3.8) is 0 Å². The summed E-state index contributed by atoms with van der Waals surface area (Å²) in [5.41, 5.74) is 13.0. The number of allylic oxidation sites excluding steroid dienone is 1. The van der Waals surface area contributed by atoms with Crippen LogP contribution in [0.4, 0.5) is 17.5 Å². The van der Waals surface area contributed by atoms with E-state index in [0.29, 0.717) is 17.8 Å². The third kappa shape index (κ3) is 5.17. The van der Waals surface area contributed by atoms with Gasteiger partial charge in [0.2, 0.25) is 5.95 Å². The lowest BCUT2D eigenvalue weighted by Gasteiger charge is -2.46. The topological polar surface area (TPSA) is 101 Å². The summed E-state index contributed by atoms with van der Waals surface area (Å²) in [6.07, 6.45) is 11.3. The third-order valence-corrected chi connectivity index (χ3v) is 8.74. The molecule has 0 spiro atoms. The average Bonchev–Trinajstić information content (AvgIpc) is 3.41. The smallest absolute Gasteiger partial charge is 0.225 e. The molecule has 2 fully saturated rings. The molecule has 2 aliphatic rings. The van der Waals surface area contributed by atoms with E-state index >= 15 is 0 Å². The molecule has 0 unspecified atom stereocenters. The van der Waals surface area contributed by atoms with Crippen LogP contribution in [0.2, 0.25) is 0 Å². The average molecular weight is 570 g/mol. The molecule has 43 heavy (non-hydrogen) atoms. The van der Waals surface area contributed by atoms with Crippen LogP contribution in [-0.2, 0) is 0 Å². The SMILES string of the molecule is C=CC(=Nc1cc(-c2nc(C3CC(N4CCN(c5ncccn5)CC4)C3)n3ccnc(N)c23)ccc1C)c1ccccc1. The van der Waals surface area contributed by atoms with Gasteiger partial charge in [-0.25, -0.2) is 24.9 Å². The molecular weight excluding hydrogens is 534 g/mol. The summed E-state index contributed by atoms with van der Waals surface area (Å²) >= 11 is 0. The lowest BCUT2D eigenvalue weighted by molar-refractivity contribution is 0.0991. The van der Waals surface area contributed by atoms with Crippen molar-refractivity contribution in [2.24, 2.45) is 4.99 Å². The van der Waals surface area contributed by atoms with Crippen LogP contribution in [0.5, 0.6) is 0 Å². The number of aliphatic imine (C=N–C) groups is 1. The van der Waals surface area contributed by atoms with E-state index in [-0.39, 0.29) is 0 Å². The van der Waals surface area contributed by atoms with E-state index in [1.807, 2.05) is 55.0 Å². The van der Waals surface area contributed by atoms with Crippen LogP contribution in [0.1, 0.15) is 35.7 Å². The standard InChI is InChI=1S/C34H35N9/c1-3-28(24-8-5-4-6-9-24)39-29-22-25(11-10-23(29)2)30-31-32(35)36-14-15-43(31)33(40-30)26-20-27(21-26)41-16-18-42(19-17-41)34-37-12-7-13-38-34/h3-15,22,26-27H,1,16-21H2,2H3,(H2,35,36). The van der Waals surface area contributed by atoms with Crippen LogP contribution in [0, 0.1) is 6.92 Å². The molecule has 1 saturated heterocycles. The first-order valence-corrected chi connectivity index (χ1v) is 14.8. The summed E-state index contributed by atoms with van der Waals surface area (Å²) in [6.45, 7) is 10.0. The Morgan fingerprint density at radius 2 is 1.72 bits per heavy atom. The van der Waals surface area contributed by atoms with Crippen LogP contribution < -0.4 is 10.6 Å². The number of fused-ring (bicyclic) bond motifs is 1. The first-order chi connectivity index (χ1) is 21.1. The van der Waals surface area contributed by atoms with Gasteiger partial charge in [-0.1, -0.05) is 49.0 Å². The molecule has 1 aliphatic heterocycles. The fourth-order valence-electron chi connectivity index (χ4n) is 6.26. The van der Waals surface area contributed by atoms with E-state index in [1.165, 1.54) is 0 Å². The Hall–Kier alpha value is -4.89. The van der Waals surface area contributed by atoms with Crippen LogP contribution in [0.3, 0.4) is 0 Å². The maximum atomic E-state index is 6.48. The maximum absolute atomic E-state index is 6.48. The van der Waals surface area contributed by atoms with Crippen LogP contribution >= 0.6 is 0 Å². The second-order valence-corrected chi connectivity index (χ2v) is 11.3. The van der Waals surface area contributed by atoms with Gasteiger partial charge in [0.25, 0.3) is 0 Å². The second-order valence-electron chi connectivity index (χ2n) is 11.3. The van der Waals surface area contributed by atoms with Gasteiger partial charge in [0.05, 0.1) is 11.4 Å². The van der Waals surface area contributed by atoms with Crippen molar-refractivity contribution in [2.45, 2.75) is 31.7 Å². The van der Waals surface area contributed by atoms with E-state index in [1.54, 1.807) is 12.3 Å². The molecule has 2 N–H and O–H groups in total. The third-order valence-electron chi connectivity index (χ3n) is 8.74. The summed E-state index contributed by atoms with van der Waals surface area (Å²) in [6, 6.07) is 18.8. The Bertz CT molecular complexity index is 1780. The first kappa shape index (κ1) is 27.0. The van der Waals surface area contributed by atoms with Gasteiger partial charge in [0, 0.05) is 74.1 Å². The lowest BCUT2D eigenvalue weighted by atomic mass is 9.78. The van der Waals surface area contributed by atoms with Gasteiger partial charge >= 0.3 is 0 Å². The van der Waals surface area contributed by atoms with Gasteiger partial charge in [-0.05, 0) is 43.5 Å². The summed E-state index contributed by atoms with van der Waals surface area (Å²) in [4.78, 5) is 28.4. The minimum atomic E-state index is 0.358. The number of rotatable bonds is 7. The van der Waals surface area contributed by atoms with Crippen molar-refractivity contribution in [1.82, 2.24) is 29.2 Å². The number of nitrogens with zero attached hydrogens (tertiary/aromatic N) is 8. The Labute approximate surface area is 251 Å². The molecule has 0 amide bonds. The number of hydrogen-bond acceptors (Lipinski definition) is 8. The summed E-state index contributed by atoms with van der Waals surface area (Å²) < 4.78 is 2.14. The number of benzene rings is 2. The Morgan fingerprint density at radius 3 is 2.47 bits per heavy atom. The van der Waals surface area contributed by atoms with E-state index in [2.05, 4.69) is 60.9 Å². The molecule has 0 radical (unpaired) electrons. The second kappa shape index (κ2) is 11.4. The zero-order chi connectivity index (χ0) is 29.3. The largest absolute Gasteiger partial charge is 0.382 e. The minimum Gasteiger partial charge on any atom is -0.382 e. The highest BCUT2D eigenvalue weighted by atomic mass is 15.3. The van der Waals surface area contributed by atoms with Crippen molar-refractivity contribution >= 4 is 28.7 Å². The molecule has 5 aromatic rings. The number of hydrogen-bond donors (Lipinski definition) is 1. The highest BCUT2D eigenvalue weighted by Crippen LogP contribution is 2.42. The molecule has 2 aromatic carbocycles.